The molecule has 196 valence electrons. The van der Waals surface area contributed by atoms with Crippen molar-refractivity contribution in [3.63, 3.8) is 0 Å². The lowest BCUT2D eigenvalue weighted by Gasteiger charge is -2.40. The maximum absolute atomic E-state index is 11.5. The van der Waals surface area contributed by atoms with E-state index in [0.29, 0.717) is 51.3 Å². The number of hydrogen-bond acceptors (Lipinski definition) is 6. The Morgan fingerprint density at radius 3 is 2.32 bits per heavy atom. The Morgan fingerprint density at radius 1 is 0.971 bits per heavy atom. The number of carbonyl (C=O) groups excluding carboxylic acids is 1. The predicted molar refractivity (Wildman–Crippen MR) is 132 cm³/mol. The molecular formula is C28H48O6. The molecule has 34 heavy (non-hydrogen) atoms. The van der Waals surface area contributed by atoms with Crippen LogP contribution >= 0.6 is 0 Å². The van der Waals surface area contributed by atoms with Crippen LogP contribution in [0, 0.1) is 17.3 Å². The van der Waals surface area contributed by atoms with Crippen LogP contribution in [0.1, 0.15) is 98.3 Å². The van der Waals surface area contributed by atoms with Gasteiger partial charge in [-0.3, -0.25) is 4.79 Å². The normalized spacial score (nSPS) is 26.1. The van der Waals surface area contributed by atoms with Gasteiger partial charge in [-0.1, -0.05) is 59.0 Å². The minimum absolute atomic E-state index is 0.0812. The van der Waals surface area contributed by atoms with Crippen molar-refractivity contribution in [1.82, 2.24) is 0 Å². The Kier molecular flexibility index (Phi) is 10.4. The first-order chi connectivity index (χ1) is 16.4. The molecule has 0 amide bonds. The molecular weight excluding hydrogens is 432 g/mol. The summed E-state index contributed by atoms with van der Waals surface area (Å²) < 4.78 is 30.0. The quantitative estimate of drug-likeness (QED) is 0.168. The second-order valence-electron chi connectivity index (χ2n) is 10.8. The van der Waals surface area contributed by atoms with Gasteiger partial charge in [0, 0.05) is 24.2 Å². The average molecular weight is 481 g/mol. The van der Waals surface area contributed by atoms with E-state index in [1.54, 1.807) is 0 Å². The molecule has 0 aromatic carbocycles. The van der Waals surface area contributed by atoms with Gasteiger partial charge in [0.25, 0.3) is 0 Å². The maximum atomic E-state index is 11.5. The molecule has 0 aromatic rings. The number of ether oxygens (including phenoxy) is 5. The van der Waals surface area contributed by atoms with E-state index in [1.807, 2.05) is 6.92 Å². The second-order valence-corrected chi connectivity index (χ2v) is 10.8. The highest BCUT2D eigenvalue weighted by Crippen LogP contribution is 2.50. The molecule has 6 nitrogen and oxygen atoms in total. The van der Waals surface area contributed by atoms with Crippen molar-refractivity contribution in [1.29, 1.82) is 0 Å². The maximum Gasteiger partial charge on any atom is 0.305 e. The lowest BCUT2D eigenvalue weighted by atomic mass is 9.77. The fourth-order valence-corrected chi connectivity index (χ4v) is 5.98. The summed E-state index contributed by atoms with van der Waals surface area (Å²) in [5.74, 6) is -0.421. The smallest absolute Gasteiger partial charge is 0.305 e. The number of rotatable bonds is 14. The molecule has 1 aliphatic carbocycles. The summed E-state index contributed by atoms with van der Waals surface area (Å²) in [5.41, 5.74) is -0.0823. The average Bonchev–Trinajstić information content (AvgIpc) is 3.56. The third kappa shape index (κ3) is 6.63. The largest absolute Gasteiger partial charge is 0.466 e. The van der Waals surface area contributed by atoms with E-state index >= 15 is 0 Å². The minimum Gasteiger partial charge on any atom is -0.466 e. The lowest BCUT2D eigenvalue weighted by Crippen LogP contribution is -2.44. The third-order valence-corrected chi connectivity index (χ3v) is 8.01. The van der Waals surface area contributed by atoms with Crippen molar-refractivity contribution in [3.8, 4) is 0 Å². The Bertz CT molecular complexity index is 645. The number of unbranched alkanes of at least 4 members (excludes halogenated alkanes) is 4. The van der Waals surface area contributed by atoms with Crippen molar-refractivity contribution >= 4 is 5.97 Å². The van der Waals surface area contributed by atoms with Gasteiger partial charge in [-0.25, -0.2) is 0 Å². The zero-order valence-electron chi connectivity index (χ0n) is 22.1. The van der Waals surface area contributed by atoms with Crippen LogP contribution in [0.4, 0.5) is 0 Å². The lowest BCUT2D eigenvalue weighted by molar-refractivity contribution is -0.194. The fourth-order valence-electron chi connectivity index (χ4n) is 5.98. The summed E-state index contributed by atoms with van der Waals surface area (Å²) in [6.45, 7) is 11.8. The first-order valence-electron chi connectivity index (χ1n) is 13.8. The Balaban J connectivity index is 1.60. The van der Waals surface area contributed by atoms with Gasteiger partial charge < -0.3 is 23.7 Å². The van der Waals surface area contributed by atoms with Gasteiger partial charge in [0.15, 0.2) is 11.6 Å². The van der Waals surface area contributed by atoms with E-state index in [9.17, 15) is 4.79 Å². The minimum atomic E-state index is -0.646. The molecule has 0 aromatic heterocycles. The molecule has 2 atom stereocenters. The van der Waals surface area contributed by atoms with E-state index < -0.39 is 11.6 Å². The molecule has 3 aliphatic rings. The highest BCUT2D eigenvalue weighted by molar-refractivity contribution is 5.69. The molecule has 1 saturated carbocycles. The Hall–Kier alpha value is -0.950. The fraction of sp³-hybridized carbons (Fsp3) is 0.893. The molecule has 0 unspecified atom stereocenters. The SMILES string of the molecule is CCCCC(C)(C)C1(C=C[C@H]2CCC3(OCCO3)[C@@H]2CCCCCCC(=O)OCC)OCCO1. The number of allylic oxidation sites excluding steroid dienone is 1. The number of carbonyl (C=O) groups is 1. The van der Waals surface area contributed by atoms with Gasteiger partial charge in [-0.15, -0.1) is 0 Å². The summed E-state index contributed by atoms with van der Waals surface area (Å²) in [4.78, 5) is 11.5. The van der Waals surface area contributed by atoms with Crippen LogP contribution < -0.4 is 0 Å². The van der Waals surface area contributed by atoms with Crippen LogP contribution in [0.2, 0.25) is 0 Å². The van der Waals surface area contributed by atoms with Gasteiger partial charge in [-0.2, -0.15) is 0 Å². The molecule has 6 heteroatoms. The first-order valence-corrected chi connectivity index (χ1v) is 13.8. The molecule has 1 spiro atoms. The Morgan fingerprint density at radius 2 is 1.65 bits per heavy atom. The topological polar surface area (TPSA) is 63.2 Å². The standard InChI is InChI=1S/C28H48O6/c1-5-7-16-26(3,4)28(33-21-22-34-28)18-15-23-14-17-27(31-19-20-32-27)24(23)12-10-8-9-11-13-25(29)30-6-2/h15,18,23-24H,5-14,16-17,19-22H2,1-4H3/t23-,24-/m1/s1. The summed E-state index contributed by atoms with van der Waals surface area (Å²) in [7, 11) is 0. The van der Waals surface area contributed by atoms with Crippen LogP contribution in [-0.4, -0.2) is 50.6 Å². The molecule has 0 radical (unpaired) electrons. The van der Waals surface area contributed by atoms with Crippen molar-refractivity contribution < 1.29 is 28.5 Å². The summed E-state index contributed by atoms with van der Waals surface area (Å²) >= 11 is 0. The number of esters is 1. The summed E-state index contributed by atoms with van der Waals surface area (Å²) in [6.07, 6.45) is 15.8. The van der Waals surface area contributed by atoms with Crippen molar-refractivity contribution in [3.05, 3.63) is 12.2 Å². The molecule has 2 saturated heterocycles. The predicted octanol–water partition coefficient (Wildman–Crippen LogP) is 6.18. The number of hydrogen-bond donors (Lipinski definition) is 0. The third-order valence-electron chi connectivity index (χ3n) is 8.01. The zero-order chi connectivity index (χ0) is 24.5. The van der Waals surface area contributed by atoms with Crippen molar-refractivity contribution in [2.75, 3.05) is 33.0 Å². The molecule has 0 bridgehead atoms. The van der Waals surface area contributed by atoms with E-state index in [4.69, 9.17) is 23.7 Å². The zero-order valence-corrected chi connectivity index (χ0v) is 22.1. The van der Waals surface area contributed by atoms with Crippen LogP contribution in [0.3, 0.4) is 0 Å². The molecule has 2 heterocycles. The van der Waals surface area contributed by atoms with Crippen LogP contribution in [-0.2, 0) is 28.5 Å². The van der Waals surface area contributed by atoms with E-state index in [1.165, 1.54) is 12.8 Å². The highest BCUT2D eigenvalue weighted by Gasteiger charge is 2.53. The van der Waals surface area contributed by atoms with Gasteiger partial charge in [0.05, 0.1) is 33.0 Å². The Labute approximate surface area is 207 Å². The van der Waals surface area contributed by atoms with E-state index in [0.717, 1.165) is 51.4 Å². The molecule has 0 N–H and O–H groups in total. The molecule has 3 fully saturated rings. The van der Waals surface area contributed by atoms with Crippen LogP contribution in [0.15, 0.2) is 12.2 Å². The molecule has 2 aliphatic heterocycles. The van der Waals surface area contributed by atoms with Gasteiger partial charge in [-0.05, 0) is 44.6 Å². The van der Waals surface area contributed by atoms with Gasteiger partial charge in [0.2, 0.25) is 0 Å². The van der Waals surface area contributed by atoms with E-state index in [2.05, 4.69) is 32.9 Å². The first kappa shape index (κ1) is 27.6. The van der Waals surface area contributed by atoms with Gasteiger partial charge >= 0.3 is 5.97 Å². The highest BCUT2D eigenvalue weighted by atomic mass is 16.7. The summed E-state index contributed by atoms with van der Waals surface area (Å²) in [6, 6.07) is 0. The van der Waals surface area contributed by atoms with Crippen LogP contribution in [0.5, 0.6) is 0 Å². The monoisotopic (exact) mass is 480 g/mol. The van der Waals surface area contributed by atoms with Crippen molar-refractivity contribution in [2.24, 2.45) is 17.3 Å². The van der Waals surface area contributed by atoms with Crippen LogP contribution in [0.25, 0.3) is 0 Å². The molecule has 3 rings (SSSR count). The van der Waals surface area contributed by atoms with Gasteiger partial charge in [0.1, 0.15) is 0 Å². The van der Waals surface area contributed by atoms with Crippen molar-refractivity contribution in [2.45, 2.75) is 110 Å². The van der Waals surface area contributed by atoms with E-state index in [-0.39, 0.29) is 11.4 Å². The summed E-state index contributed by atoms with van der Waals surface area (Å²) in [5, 5.41) is 0. The second kappa shape index (κ2) is 12.8.